The third-order valence-corrected chi connectivity index (χ3v) is 5.26. The van der Waals surface area contributed by atoms with Crippen molar-refractivity contribution in [3.05, 3.63) is 110 Å². The minimum absolute atomic E-state index is 0.761. The molecule has 0 spiro atoms. The Morgan fingerprint density at radius 3 is 2.35 bits per heavy atom. The lowest BCUT2D eigenvalue weighted by atomic mass is 10.1. The Balaban J connectivity index is 1.32. The van der Waals surface area contributed by atoms with Crippen LogP contribution in [0.15, 0.2) is 110 Å². The van der Waals surface area contributed by atoms with Crippen molar-refractivity contribution in [2.24, 2.45) is 0 Å². The van der Waals surface area contributed by atoms with Crippen LogP contribution in [0.2, 0.25) is 0 Å². The van der Waals surface area contributed by atoms with E-state index in [1.807, 2.05) is 114 Å². The second-order valence-electron chi connectivity index (χ2n) is 7.33. The molecule has 4 aromatic heterocycles. The van der Waals surface area contributed by atoms with Gasteiger partial charge in [-0.15, -0.1) is 0 Å². The largest absolute Gasteiger partial charge is 0.457 e. The predicted octanol–water partition coefficient (Wildman–Crippen LogP) is 6.11. The Morgan fingerprint density at radius 2 is 1.48 bits per heavy atom. The monoisotopic (exact) mass is 402 g/mol. The number of pyridine rings is 2. The van der Waals surface area contributed by atoms with Crippen LogP contribution in [0.3, 0.4) is 0 Å². The zero-order chi connectivity index (χ0) is 20.6. The summed E-state index contributed by atoms with van der Waals surface area (Å²) in [7, 11) is 0. The molecule has 0 unspecified atom stereocenters. The van der Waals surface area contributed by atoms with Gasteiger partial charge in [-0.1, -0.05) is 36.4 Å². The maximum Gasteiger partial charge on any atom is 0.144 e. The van der Waals surface area contributed by atoms with Crippen molar-refractivity contribution in [1.82, 2.24) is 18.8 Å². The van der Waals surface area contributed by atoms with Crippen molar-refractivity contribution in [2.75, 3.05) is 0 Å². The van der Waals surface area contributed by atoms with Crippen LogP contribution in [-0.2, 0) is 0 Å². The molecule has 0 aliphatic heterocycles. The van der Waals surface area contributed by atoms with E-state index in [1.54, 1.807) is 0 Å². The van der Waals surface area contributed by atoms with E-state index in [1.165, 1.54) is 0 Å². The Morgan fingerprint density at radius 1 is 0.710 bits per heavy atom. The topological polar surface area (TPSA) is 43.8 Å². The molecule has 0 N–H and O–H groups in total. The number of aromatic nitrogens is 4. The van der Waals surface area contributed by atoms with Gasteiger partial charge in [-0.05, 0) is 48.5 Å². The molecule has 6 aromatic rings. The highest BCUT2D eigenvalue weighted by atomic mass is 16.5. The van der Waals surface area contributed by atoms with E-state index in [0.29, 0.717) is 0 Å². The number of nitrogens with zero attached hydrogens (tertiary/aromatic N) is 4. The van der Waals surface area contributed by atoms with Gasteiger partial charge in [-0.3, -0.25) is 4.40 Å². The molecular formula is C26H18N4O. The second kappa shape index (κ2) is 7.15. The van der Waals surface area contributed by atoms with Gasteiger partial charge in [0.05, 0.1) is 17.4 Å². The zero-order valence-electron chi connectivity index (χ0n) is 16.6. The number of ether oxygens (including phenoxy) is 1. The van der Waals surface area contributed by atoms with E-state index in [2.05, 4.69) is 9.38 Å². The Bertz CT molecular complexity index is 1500. The quantitative estimate of drug-likeness (QED) is 0.357. The molecule has 0 bridgehead atoms. The van der Waals surface area contributed by atoms with Crippen LogP contribution < -0.4 is 4.74 Å². The Labute approximate surface area is 178 Å². The summed E-state index contributed by atoms with van der Waals surface area (Å²) in [5.41, 5.74) is 4.90. The molecule has 4 heterocycles. The molecule has 0 saturated heterocycles. The third kappa shape index (κ3) is 3.22. The maximum atomic E-state index is 6.19. The smallest absolute Gasteiger partial charge is 0.144 e. The van der Waals surface area contributed by atoms with Crippen LogP contribution in [0.5, 0.6) is 11.5 Å². The van der Waals surface area contributed by atoms with Crippen LogP contribution in [0, 0.1) is 0 Å². The number of benzene rings is 2. The first kappa shape index (κ1) is 17.5. The molecular weight excluding hydrogens is 384 g/mol. The molecule has 0 atom stereocenters. The van der Waals surface area contributed by atoms with Crippen LogP contribution >= 0.6 is 0 Å². The molecule has 2 aromatic carbocycles. The van der Waals surface area contributed by atoms with E-state index < -0.39 is 0 Å². The molecule has 31 heavy (non-hydrogen) atoms. The molecule has 0 radical (unpaired) electrons. The van der Waals surface area contributed by atoms with Gasteiger partial charge in [0.2, 0.25) is 0 Å². The first-order valence-electron chi connectivity index (χ1n) is 10.1. The molecule has 6 rings (SSSR count). The molecule has 5 nitrogen and oxygen atoms in total. The summed E-state index contributed by atoms with van der Waals surface area (Å²) in [6, 6.07) is 28.0. The summed E-state index contributed by atoms with van der Waals surface area (Å²) < 4.78 is 10.3. The van der Waals surface area contributed by atoms with Gasteiger partial charge in [-0.25, -0.2) is 9.97 Å². The number of hydrogen-bond acceptors (Lipinski definition) is 3. The van der Waals surface area contributed by atoms with Crippen LogP contribution in [0.1, 0.15) is 0 Å². The van der Waals surface area contributed by atoms with E-state index in [0.717, 1.165) is 45.3 Å². The third-order valence-electron chi connectivity index (χ3n) is 5.26. The molecule has 0 aliphatic rings. The summed E-state index contributed by atoms with van der Waals surface area (Å²) >= 11 is 0. The first-order chi connectivity index (χ1) is 15.3. The first-order valence-corrected chi connectivity index (χ1v) is 10.1. The fourth-order valence-corrected chi connectivity index (χ4v) is 3.78. The Hall–Kier alpha value is -4.38. The fourth-order valence-electron chi connectivity index (χ4n) is 3.78. The van der Waals surface area contributed by atoms with Crippen molar-refractivity contribution in [3.8, 4) is 34.1 Å². The van der Waals surface area contributed by atoms with Crippen LogP contribution in [0.25, 0.3) is 33.8 Å². The molecule has 0 aliphatic carbocycles. The summed E-state index contributed by atoms with van der Waals surface area (Å²) in [5, 5.41) is 0. The number of fused-ring (bicyclic) bond motifs is 2. The van der Waals surface area contributed by atoms with Gasteiger partial charge in [0.1, 0.15) is 23.0 Å². The highest BCUT2D eigenvalue weighted by Gasteiger charge is 2.09. The average molecular weight is 402 g/mol. The average Bonchev–Trinajstić information content (AvgIpc) is 3.44. The van der Waals surface area contributed by atoms with Gasteiger partial charge >= 0.3 is 0 Å². The lowest BCUT2D eigenvalue weighted by Gasteiger charge is -2.09. The van der Waals surface area contributed by atoms with Gasteiger partial charge in [-0.2, -0.15) is 0 Å². The molecule has 148 valence electrons. The molecule has 0 saturated carbocycles. The molecule has 0 fully saturated rings. The van der Waals surface area contributed by atoms with E-state index in [4.69, 9.17) is 9.72 Å². The minimum atomic E-state index is 0.761. The van der Waals surface area contributed by atoms with Crippen molar-refractivity contribution >= 4 is 11.2 Å². The normalized spacial score (nSPS) is 11.2. The van der Waals surface area contributed by atoms with Crippen molar-refractivity contribution in [1.29, 1.82) is 0 Å². The highest BCUT2D eigenvalue weighted by molar-refractivity contribution is 5.66. The van der Waals surface area contributed by atoms with Gasteiger partial charge in [0.25, 0.3) is 0 Å². The minimum Gasteiger partial charge on any atom is -0.457 e. The lowest BCUT2D eigenvalue weighted by molar-refractivity contribution is 0.483. The lowest BCUT2D eigenvalue weighted by Crippen LogP contribution is -1.90. The summed E-state index contributed by atoms with van der Waals surface area (Å²) in [4.78, 5) is 9.29. The number of hydrogen-bond donors (Lipinski definition) is 0. The SMILES string of the molecule is c1cc(Oc2cccc(-c3ncc4ccccn34)c2)cc(-c2cn3ccccc3n2)c1. The van der Waals surface area contributed by atoms with E-state index >= 15 is 0 Å². The molecule has 5 heteroatoms. The van der Waals surface area contributed by atoms with Crippen LogP contribution in [0.4, 0.5) is 0 Å². The summed E-state index contributed by atoms with van der Waals surface area (Å²) in [6.07, 6.45) is 7.92. The highest BCUT2D eigenvalue weighted by Crippen LogP contribution is 2.30. The predicted molar refractivity (Wildman–Crippen MR) is 121 cm³/mol. The van der Waals surface area contributed by atoms with Gasteiger partial charge in [0.15, 0.2) is 0 Å². The Kier molecular flexibility index (Phi) is 4.03. The van der Waals surface area contributed by atoms with Gasteiger partial charge < -0.3 is 9.14 Å². The second-order valence-corrected chi connectivity index (χ2v) is 7.33. The van der Waals surface area contributed by atoms with E-state index in [-0.39, 0.29) is 0 Å². The van der Waals surface area contributed by atoms with E-state index in [9.17, 15) is 0 Å². The van der Waals surface area contributed by atoms with Crippen molar-refractivity contribution in [3.63, 3.8) is 0 Å². The fraction of sp³-hybridized carbons (Fsp3) is 0. The number of imidazole rings is 2. The van der Waals surface area contributed by atoms with Crippen molar-refractivity contribution in [2.45, 2.75) is 0 Å². The van der Waals surface area contributed by atoms with Gasteiger partial charge in [0, 0.05) is 29.7 Å². The summed E-state index contributed by atoms with van der Waals surface area (Å²) in [5.74, 6) is 2.41. The standard InChI is InChI=1S/C26H18N4O/c1-4-14-30-21(9-1)17-27-26(30)20-8-6-11-23(16-20)31-22-10-5-7-19(15-22)24-18-29-13-3-2-12-25(29)28-24/h1-18H. The van der Waals surface area contributed by atoms with Crippen LogP contribution in [-0.4, -0.2) is 18.8 Å². The number of rotatable bonds is 4. The van der Waals surface area contributed by atoms with Crippen molar-refractivity contribution < 1.29 is 4.74 Å². The summed E-state index contributed by atoms with van der Waals surface area (Å²) in [6.45, 7) is 0. The molecule has 0 amide bonds. The maximum absolute atomic E-state index is 6.19. The zero-order valence-corrected chi connectivity index (χ0v) is 16.6.